The Morgan fingerprint density at radius 3 is 0.817 bits per heavy atom. The highest BCUT2D eigenvalue weighted by atomic mass is 16.2. The number of rotatable bonds is 8. The van der Waals surface area contributed by atoms with E-state index in [1.54, 1.807) is 118 Å². The minimum Gasteiger partial charge on any atom is -0.355 e. The van der Waals surface area contributed by atoms with Gasteiger partial charge < -0.3 is 21.3 Å². The van der Waals surface area contributed by atoms with Gasteiger partial charge in [0.05, 0.1) is 58.3 Å². The molecule has 5 aliphatic carbocycles. The minimum absolute atomic E-state index is 0.0976. The first-order valence-electron chi connectivity index (χ1n) is 27.0. The normalized spacial score (nSPS) is 26.2. The van der Waals surface area contributed by atoms with Crippen molar-refractivity contribution >= 4 is 93.6 Å². The fraction of sp³-hybridized carbons (Fsp3) is 0.290. The first-order chi connectivity index (χ1) is 39.5. The SMILES string of the molecule is CNC(=O)c1ccc(N2C(=O)C=CC2=O)cc1.CNC(=O)c1ccc(N2C(=O)[C@@H]3[C@H](C2=O)[C@@H]2C=C[C@H]3C2)cc1.CNC(=O)c1ccc(N2C(=O)[C@@H]3[C@H](C2=O)[C@@H]2C=C[C@H]3C2)cc1.CNC(=O)c1ccc(N2C(=O)[C@H]3CC=CC[C@H]3C2=O)cc1. The fourth-order valence-corrected chi connectivity index (χ4v) is 12.6. The summed E-state index contributed by atoms with van der Waals surface area (Å²) in [6.45, 7) is 0. The molecule has 10 atom stereocenters. The lowest BCUT2D eigenvalue weighted by Gasteiger charge is -2.17. The van der Waals surface area contributed by atoms with Crippen LogP contribution in [0.2, 0.25) is 0 Å². The summed E-state index contributed by atoms with van der Waals surface area (Å²) in [5.74, 6) is -2.60. The zero-order valence-corrected chi connectivity index (χ0v) is 45.1. The zero-order chi connectivity index (χ0) is 58.3. The molecule has 0 unspecified atom stereocenters. The van der Waals surface area contributed by atoms with Gasteiger partial charge in [-0.1, -0.05) is 36.5 Å². The van der Waals surface area contributed by atoms with E-state index in [1.807, 2.05) is 12.2 Å². The third-order valence-electron chi connectivity index (χ3n) is 16.7. The molecule has 9 aliphatic rings. The number of hydrogen-bond donors (Lipinski definition) is 4. The molecule has 4 aliphatic heterocycles. The molecular formula is C62H58N8O12. The van der Waals surface area contributed by atoms with Crippen molar-refractivity contribution in [2.24, 2.45) is 59.2 Å². The van der Waals surface area contributed by atoms with E-state index in [0.717, 1.165) is 17.7 Å². The molecule has 418 valence electrons. The molecule has 4 aromatic rings. The first-order valence-corrected chi connectivity index (χ1v) is 27.0. The molecule has 5 fully saturated rings. The summed E-state index contributed by atoms with van der Waals surface area (Å²) in [5.41, 5.74) is 4.08. The molecule has 0 radical (unpaired) electrons. The van der Waals surface area contributed by atoms with E-state index in [-0.39, 0.29) is 130 Å². The van der Waals surface area contributed by atoms with Crippen LogP contribution in [0.3, 0.4) is 0 Å². The van der Waals surface area contributed by atoms with Gasteiger partial charge >= 0.3 is 0 Å². The molecule has 4 bridgehead atoms. The number of carbonyl (C=O) groups is 12. The van der Waals surface area contributed by atoms with Gasteiger partial charge in [-0.25, -0.2) is 4.90 Å². The van der Waals surface area contributed by atoms with E-state index in [0.29, 0.717) is 57.8 Å². The molecule has 12 amide bonds. The Balaban J connectivity index is 0.000000123. The summed E-state index contributed by atoms with van der Waals surface area (Å²) in [6.07, 6.45) is 17.8. The van der Waals surface area contributed by atoms with E-state index >= 15 is 0 Å². The van der Waals surface area contributed by atoms with Crippen LogP contribution < -0.4 is 40.9 Å². The maximum absolute atomic E-state index is 12.7. The lowest BCUT2D eigenvalue weighted by Crippen LogP contribution is -2.32. The molecule has 4 aromatic carbocycles. The average molecular weight is 1110 g/mol. The molecular weight excluding hydrogens is 1050 g/mol. The number of nitrogens with one attached hydrogen (secondary N) is 4. The van der Waals surface area contributed by atoms with Crippen LogP contribution in [-0.4, -0.2) is 99.1 Å². The summed E-state index contributed by atoms with van der Waals surface area (Å²) in [4.78, 5) is 149. The highest BCUT2D eigenvalue weighted by molar-refractivity contribution is 6.28. The molecule has 82 heavy (non-hydrogen) atoms. The van der Waals surface area contributed by atoms with E-state index in [4.69, 9.17) is 0 Å². The molecule has 3 saturated heterocycles. The van der Waals surface area contributed by atoms with Gasteiger partial charge in [0, 0.05) is 62.6 Å². The van der Waals surface area contributed by atoms with Gasteiger partial charge in [-0.15, -0.1) is 0 Å². The maximum atomic E-state index is 12.7. The summed E-state index contributed by atoms with van der Waals surface area (Å²) >= 11 is 0. The monoisotopic (exact) mass is 1110 g/mol. The minimum atomic E-state index is -0.373. The van der Waals surface area contributed by atoms with Crippen LogP contribution in [0, 0.1) is 59.2 Å². The number of anilines is 4. The number of hydrogen-bond acceptors (Lipinski definition) is 12. The fourth-order valence-electron chi connectivity index (χ4n) is 12.6. The van der Waals surface area contributed by atoms with Crippen LogP contribution in [-0.2, 0) is 38.4 Å². The molecule has 13 rings (SSSR count). The second-order valence-electron chi connectivity index (χ2n) is 21.0. The van der Waals surface area contributed by atoms with Crippen molar-refractivity contribution in [2.45, 2.75) is 25.7 Å². The number of allylic oxidation sites excluding steroid dienone is 6. The Labute approximate surface area is 471 Å². The van der Waals surface area contributed by atoms with Gasteiger partial charge in [0.15, 0.2) is 0 Å². The van der Waals surface area contributed by atoms with E-state index in [2.05, 4.69) is 45.6 Å². The highest BCUT2D eigenvalue weighted by Gasteiger charge is 2.61. The Bertz CT molecular complexity index is 3250. The molecule has 4 N–H and O–H groups in total. The molecule has 2 saturated carbocycles. The number of carbonyl (C=O) groups excluding carboxylic acids is 12. The Hall–Kier alpha value is -9.72. The molecule has 20 nitrogen and oxygen atoms in total. The second kappa shape index (κ2) is 22.8. The number of benzene rings is 4. The topological polar surface area (TPSA) is 266 Å². The summed E-state index contributed by atoms with van der Waals surface area (Å²) < 4.78 is 0. The van der Waals surface area contributed by atoms with Crippen LogP contribution in [0.25, 0.3) is 0 Å². The van der Waals surface area contributed by atoms with Crippen LogP contribution >= 0.6 is 0 Å². The van der Waals surface area contributed by atoms with Gasteiger partial charge in [0.1, 0.15) is 0 Å². The predicted molar refractivity (Wildman–Crippen MR) is 299 cm³/mol. The summed E-state index contributed by atoms with van der Waals surface area (Å²) in [6, 6.07) is 26.0. The first kappa shape index (κ1) is 55.6. The number of amides is 12. The highest BCUT2D eigenvalue weighted by Crippen LogP contribution is 2.54. The van der Waals surface area contributed by atoms with Gasteiger partial charge in [-0.2, -0.15) is 0 Å². The van der Waals surface area contributed by atoms with E-state index < -0.39 is 0 Å². The lowest BCUT2D eigenvalue weighted by molar-refractivity contribution is -0.124. The Morgan fingerprint density at radius 1 is 0.341 bits per heavy atom. The van der Waals surface area contributed by atoms with Crippen molar-refractivity contribution in [3.05, 3.63) is 168 Å². The Morgan fingerprint density at radius 2 is 0.573 bits per heavy atom. The number of fused-ring (bicyclic) bond motifs is 11. The third kappa shape index (κ3) is 9.93. The third-order valence-corrected chi connectivity index (χ3v) is 16.7. The van der Waals surface area contributed by atoms with E-state index in [1.165, 1.54) is 33.9 Å². The van der Waals surface area contributed by atoms with Crippen LogP contribution in [0.15, 0.2) is 146 Å². The molecule has 0 aromatic heterocycles. The van der Waals surface area contributed by atoms with Crippen LogP contribution in [0.4, 0.5) is 22.7 Å². The quantitative estimate of drug-likeness (QED) is 0.138. The van der Waals surface area contributed by atoms with Crippen molar-refractivity contribution < 1.29 is 57.5 Å². The Kier molecular flexibility index (Phi) is 15.5. The van der Waals surface area contributed by atoms with Crippen molar-refractivity contribution in [3.63, 3.8) is 0 Å². The van der Waals surface area contributed by atoms with Crippen molar-refractivity contribution in [1.29, 1.82) is 0 Å². The maximum Gasteiger partial charge on any atom is 0.258 e. The number of nitrogens with zero attached hydrogens (tertiary/aromatic N) is 4. The molecule has 0 spiro atoms. The van der Waals surface area contributed by atoms with Gasteiger partial charge in [-0.05, 0) is 146 Å². The van der Waals surface area contributed by atoms with Crippen molar-refractivity contribution in [1.82, 2.24) is 21.3 Å². The average Bonchev–Trinajstić information content (AvgIpc) is 3.22. The van der Waals surface area contributed by atoms with Crippen molar-refractivity contribution in [3.8, 4) is 0 Å². The number of imide groups is 4. The van der Waals surface area contributed by atoms with Gasteiger partial charge in [0.2, 0.25) is 35.4 Å². The standard InChI is InChI=1S/2C17H16N2O3.C16H16N2O3.C12H10N2O3/c2*1-18-15(20)9-4-6-12(7-5-9)19-16(21)13-10-2-3-11(8-10)14(13)17(19)22;1-17-14(19)10-6-8-11(9-7-10)18-15(20)12-4-2-3-5-13(12)16(18)21;1-13-12(17)8-2-4-9(5-3-8)14-10(15)6-7-11(14)16/h2*2-7,10-11,13-14H,8H2,1H3,(H,18,20);2-3,6-9,12-13H,4-5H2,1H3,(H,17,19);2-7H,1H3,(H,13,17)/t2*10-,11+,13-,14+;12-,13+;. The van der Waals surface area contributed by atoms with E-state index in [9.17, 15) is 57.5 Å². The largest absolute Gasteiger partial charge is 0.355 e. The smallest absolute Gasteiger partial charge is 0.258 e. The second-order valence-corrected chi connectivity index (χ2v) is 21.0. The zero-order valence-electron chi connectivity index (χ0n) is 45.1. The summed E-state index contributed by atoms with van der Waals surface area (Å²) in [5, 5.41) is 10.1. The van der Waals surface area contributed by atoms with Crippen molar-refractivity contribution in [2.75, 3.05) is 47.8 Å². The summed E-state index contributed by atoms with van der Waals surface area (Å²) in [7, 11) is 6.22. The molecule has 20 heteroatoms. The van der Waals surface area contributed by atoms with Crippen LogP contribution in [0.1, 0.15) is 67.1 Å². The van der Waals surface area contributed by atoms with Crippen LogP contribution in [0.5, 0.6) is 0 Å². The molecule has 4 heterocycles. The van der Waals surface area contributed by atoms with Gasteiger partial charge in [-0.3, -0.25) is 72.2 Å². The predicted octanol–water partition coefficient (Wildman–Crippen LogP) is 4.69. The lowest BCUT2D eigenvalue weighted by atomic mass is 9.85. The van der Waals surface area contributed by atoms with Gasteiger partial charge in [0.25, 0.3) is 35.4 Å².